The number of hydrogen-bond donors (Lipinski definition) is 0. The van der Waals surface area contributed by atoms with Crippen LogP contribution < -0.4 is 0 Å². The van der Waals surface area contributed by atoms with Crippen LogP contribution in [-0.2, 0) is 0 Å². The lowest BCUT2D eigenvalue weighted by Gasteiger charge is -1.96. The fourth-order valence-corrected chi connectivity index (χ4v) is 1.52. The molecule has 1 aromatic rings. The van der Waals surface area contributed by atoms with Crippen molar-refractivity contribution in [1.29, 1.82) is 0 Å². The predicted molar refractivity (Wildman–Crippen MR) is 45.0 cm³/mol. The predicted octanol–water partition coefficient (Wildman–Crippen LogP) is 2.18. The lowest BCUT2D eigenvalue weighted by molar-refractivity contribution is 0.888. The summed E-state index contributed by atoms with van der Waals surface area (Å²) in [6.45, 7) is 2.20. The molecule has 1 heterocycles. The highest BCUT2D eigenvalue weighted by molar-refractivity contribution is 7.97. The Balaban J connectivity index is 2.15. The van der Waals surface area contributed by atoms with Gasteiger partial charge < -0.3 is 0 Å². The molecule has 1 aromatic heterocycles. The molecule has 56 valence electrons. The fraction of sp³-hybridized carbons (Fsp3) is 0.571. The van der Waals surface area contributed by atoms with Gasteiger partial charge in [-0.2, -0.15) is 5.10 Å². The lowest BCUT2D eigenvalue weighted by atomic mass is 10.4. The Labute approximate surface area is 65.8 Å². The zero-order chi connectivity index (χ0) is 7.23. The number of hydrogen-bond acceptors (Lipinski definition) is 2. The van der Waals surface area contributed by atoms with E-state index in [4.69, 9.17) is 0 Å². The summed E-state index contributed by atoms with van der Waals surface area (Å²) in [5.41, 5.74) is 0. The first kappa shape index (κ1) is 7.66. The molecule has 0 saturated heterocycles. The van der Waals surface area contributed by atoms with Crippen LogP contribution in [0.5, 0.6) is 0 Å². The lowest BCUT2D eigenvalue weighted by Crippen LogP contribution is -1.88. The molecule has 3 heteroatoms. The van der Waals surface area contributed by atoms with Crippen LogP contribution in [0.25, 0.3) is 0 Å². The van der Waals surface area contributed by atoms with Crippen molar-refractivity contribution in [3.63, 3.8) is 0 Å². The van der Waals surface area contributed by atoms with Crippen LogP contribution in [0.4, 0.5) is 0 Å². The van der Waals surface area contributed by atoms with E-state index in [0.717, 1.165) is 5.75 Å². The average Bonchev–Trinajstić information content (AvgIpc) is 2.41. The van der Waals surface area contributed by atoms with Gasteiger partial charge in [-0.1, -0.05) is 13.3 Å². The van der Waals surface area contributed by atoms with E-state index >= 15 is 0 Å². The average molecular weight is 156 g/mol. The van der Waals surface area contributed by atoms with Gasteiger partial charge in [-0.3, -0.25) is 0 Å². The van der Waals surface area contributed by atoms with Crippen LogP contribution in [0.2, 0.25) is 0 Å². The van der Waals surface area contributed by atoms with Gasteiger partial charge in [-0.05, 0) is 24.4 Å². The topological polar surface area (TPSA) is 17.8 Å². The van der Waals surface area contributed by atoms with Crippen molar-refractivity contribution in [1.82, 2.24) is 9.19 Å². The van der Waals surface area contributed by atoms with Crippen LogP contribution in [-0.4, -0.2) is 14.9 Å². The maximum Gasteiger partial charge on any atom is 0.0500 e. The highest BCUT2D eigenvalue weighted by atomic mass is 32.2. The SMILES string of the molecule is CCCCSn1cccn1. The second-order valence-electron chi connectivity index (χ2n) is 2.10. The van der Waals surface area contributed by atoms with Crippen LogP contribution in [0, 0.1) is 0 Å². The molecule has 0 unspecified atom stereocenters. The maximum atomic E-state index is 4.07. The molecule has 0 aliphatic rings. The molecule has 0 aliphatic heterocycles. The standard InChI is InChI=1S/C7H12N2S/c1-2-3-7-10-9-6-4-5-8-9/h4-6H,2-3,7H2,1H3. The normalized spacial score (nSPS) is 10.1. The van der Waals surface area contributed by atoms with E-state index in [0.29, 0.717) is 0 Å². The second kappa shape index (κ2) is 4.39. The molecule has 0 N–H and O–H groups in total. The Morgan fingerprint density at radius 3 is 3.10 bits per heavy atom. The van der Waals surface area contributed by atoms with Gasteiger partial charge in [-0.15, -0.1) is 0 Å². The summed E-state index contributed by atoms with van der Waals surface area (Å²) in [6.07, 6.45) is 6.30. The fourth-order valence-electron chi connectivity index (χ4n) is 0.634. The Kier molecular flexibility index (Phi) is 3.36. The molecule has 0 atom stereocenters. The zero-order valence-electron chi connectivity index (χ0n) is 6.16. The van der Waals surface area contributed by atoms with E-state index in [1.165, 1.54) is 12.8 Å². The van der Waals surface area contributed by atoms with Crippen molar-refractivity contribution >= 4 is 11.9 Å². The van der Waals surface area contributed by atoms with Gasteiger partial charge in [0.05, 0.1) is 0 Å². The van der Waals surface area contributed by atoms with Gasteiger partial charge in [0, 0.05) is 18.1 Å². The van der Waals surface area contributed by atoms with Crippen LogP contribution in [0.15, 0.2) is 18.5 Å². The second-order valence-corrected chi connectivity index (χ2v) is 3.14. The molecule has 0 amide bonds. The van der Waals surface area contributed by atoms with Crippen molar-refractivity contribution in [2.45, 2.75) is 19.8 Å². The van der Waals surface area contributed by atoms with E-state index in [9.17, 15) is 0 Å². The molecular formula is C7H12N2S. The van der Waals surface area contributed by atoms with E-state index in [1.807, 2.05) is 16.4 Å². The summed E-state index contributed by atoms with van der Waals surface area (Å²) < 4.78 is 1.90. The molecule has 0 aliphatic carbocycles. The van der Waals surface area contributed by atoms with E-state index in [2.05, 4.69) is 12.0 Å². The summed E-state index contributed by atoms with van der Waals surface area (Å²) in [4.78, 5) is 0. The highest BCUT2D eigenvalue weighted by Gasteiger charge is 1.88. The highest BCUT2D eigenvalue weighted by Crippen LogP contribution is 2.05. The summed E-state index contributed by atoms with van der Waals surface area (Å²) in [6, 6.07) is 1.94. The summed E-state index contributed by atoms with van der Waals surface area (Å²) in [5, 5.41) is 4.07. The minimum atomic E-state index is 1.16. The van der Waals surface area contributed by atoms with Crippen molar-refractivity contribution in [3.05, 3.63) is 18.5 Å². The third-order valence-corrected chi connectivity index (χ3v) is 2.15. The number of unbranched alkanes of at least 4 members (excludes halogenated alkanes) is 1. The molecule has 1 rings (SSSR count). The Hall–Kier alpha value is -0.440. The number of aromatic nitrogens is 2. The van der Waals surface area contributed by atoms with Gasteiger partial charge in [0.1, 0.15) is 0 Å². The smallest absolute Gasteiger partial charge is 0.0500 e. The molecule has 0 saturated carbocycles. The summed E-state index contributed by atoms with van der Waals surface area (Å²) in [5.74, 6) is 1.16. The third kappa shape index (κ3) is 2.43. The van der Waals surface area contributed by atoms with Crippen molar-refractivity contribution in [3.8, 4) is 0 Å². The molecule has 0 radical (unpaired) electrons. The molecular weight excluding hydrogens is 144 g/mol. The van der Waals surface area contributed by atoms with Crippen molar-refractivity contribution in [2.75, 3.05) is 5.75 Å². The molecule has 0 aromatic carbocycles. The first-order chi connectivity index (χ1) is 4.93. The minimum Gasteiger partial charge on any atom is -0.214 e. The monoisotopic (exact) mass is 156 g/mol. The minimum absolute atomic E-state index is 1.16. The Morgan fingerprint density at radius 2 is 2.50 bits per heavy atom. The molecule has 10 heavy (non-hydrogen) atoms. The quantitative estimate of drug-likeness (QED) is 0.622. The van der Waals surface area contributed by atoms with Crippen molar-refractivity contribution < 1.29 is 0 Å². The maximum absolute atomic E-state index is 4.07. The van der Waals surface area contributed by atoms with Crippen LogP contribution in [0.3, 0.4) is 0 Å². The van der Waals surface area contributed by atoms with E-state index in [1.54, 1.807) is 18.1 Å². The van der Waals surface area contributed by atoms with Gasteiger partial charge in [0.2, 0.25) is 0 Å². The number of nitrogens with zero attached hydrogens (tertiary/aromatic N) is 2. The summed E-state index contributed by atoms with van der Waals surface area (Å²) in [7, 11) is 0. The van der Waals surface area contributed by atoms with E-state index < -0.39 is 0 Å². The Morgan fingerprint density at radius 1 is 1.60 bits per heavy atom. The van der Waals surface area contributed by atoms with Gasteiger partial charge >= 0.3 is 0 Å². The van der Waals surface area contributed by atoms with Gasteiger partial charge in [0.25, 0.3) is 0 Å². The first-order valence-corrected chi connectivity index (χ1v) is 4.50. The van der Waals surface area contributed by atoms with Gasteiger partial charge in [0.15, 0.2) is 0 Å². The number of rotatable bonds is 4. The largest absolute Gasteiger partial charge is 0.214 e. The Bertz CT molecular complexity index is 160. The summed E-state index contributed by atoms with van der Waals surface area (Å²) >= 11 is 1.76. The van der Waals surface area contributed by atoms with Crippen LogP contribution in [0.1, 0.15) is 19.8 Å². The molecule has 0 bridgehead atoms. The van der Waals surface area contributed by atoms with E-state index in [-0.39, 0.29) is 0 Å². The van der Waals surface area contributed by atoms with Gasteiger partial charge in [-0.25, -0.2) is 4.09 Å². The molecule has 0 fully saturated rings. The first-order valence-electron chi connectivity index (χ1n) is 3.56. The molecule has 2 nitrogen and oxygen atoms in total. The molecule has 0 spiro atoms. The zero-order valence-corrected chi connectivity index (χ0v) is 6.97. The van der Waals surface area contributed by atoms with Crippen LogP contribution >= 0.6 is 11.9 Å². The van der Waals surface area contributed by atoms with Crippen molar-refractivity contribution in [2.24, 2.45) is 0 Å². The third-order valence-electron chi connectivity index (χ3n) is 1.20.